The molecule has 0 fully saturated rings. The molecule has 0 spiro atoms. The molecule has 1 unspecified atom stereocenters. The van der Waals surface area contributed by atoms with Crippen molar-refractivity contribution in [3.8, 4) is 11.5 Å². The summed E-state index contributed by atoms with van der Waals surface area (Å²) in [6, 6.07) is 2.09. The Kier molecular flexibility index (Phi) is 4.36. The summed E-state index contributed by atoms with van der Waals surface area (Å²) < 4.78 is 0. The molecule has 2 nitrogen and oxygen atoms in total. The Hall–Kier alpha value is -1.27. The number of hydrogen-bond acceptors (Lipinski definition) is 2. The quantitative estimate of drug-likeness (QED) is 0.641. The summed E-state index contributed by atoms with van der Waals surface area (Å²) in [5.41, 5.74) is 11.3. The van der Waals surface area contributed by atoms with Crippen LogP contribution in [-0.4, -0.2) is 13.1 Å². The van der Waals surface area contributed by atoms with Gasteiger partial charge in [0.2, 0.25) is 0 Å². The maximum atomic E-state index is 5.86. The van der Waals surface area contributed by atoms with Crippen molar-refractivity contribution in [3.05, 3.63) is 23.4 Å². The molecule has 0 aliphatic heterocycles. The van der Waals surface area contributed by atoms with Gasteiger partial charge >= 0.3 is 0 Å². The van der Waals surface area contributed by atoms with Gasteiger partial charge in [-0.1, -0.05) is 39.4 Å². The van der Waals surface area contributed by atoms with E-state index in [0.717, 1.165) is 12.0 Å². The third-order valence-electron chi connectivity index (χ3n) is 2.69. The number of nitrogens with zero attached hydrogens (tertiary/aromatic N) is 1. The van der Waals surface area contributed by atoms with Gasteiger partial charge in [0.15, 0.2) is 0 Å². The molecule has 3 heteroatoms. The zero-order valence-corrected chi connectivity index (χ0v) is 12.5. The van der Waals surface area contributed by atoms with Crippen LogP contribution in [0.2, 0.25) is 19.6 Å². The predicted octanol–water partition coefficient (Wildman–Crippen LogP) is 3.41. The van der Waals surface area contributed by atoms with Crippen molar-refractivity contribution in [3.63, 3.8) is 0 Å². The van der Waals surface area contributed by atoms with E-state index in [1.54, 1.807) is 0 Å². The maximum Gasteiger partial charge on any atom is 0.139 e. The molecule has 2 N–H and O–H groups in total. The first kappa shape index (κ1) is 13.8. The van der Waals surface area contributed by atoms with Crippen LogP contribution >= 0.6 is 0 Å². The Morgan fingerprint density at radius 1 is 1.41 bits per heavy atom. The summed E-state index contributed by atoms with van der Waals surface area (Å²) in [5.74, 6) is 4.25. The molecule has 1 heterocycles. The second kappa shape index (κ2) is 5.37. The molecular formula is C14H22N2Si. The highest BCUT2D eigenvalue weighted by molar-refractivity contribution is 6.83. The van der Waals surface area contributed by atoms with E-state index in [1.165, 1.54) is 5.56 Å². The minimum atomic E-state index is -1.36. The van der Waals surface area contributed by atoms with Gasteiger partial charge in [0.25, 0.3) is 0 Å². The van der Waals surface area contributed by atoms with Crippen LogP contribution in [0.1, 0.15) is 37.3 Å². The van der Waals surface area contributed by atoms with Crippen molar-refractivity contribution in [2.75, 3.05) is 5.73 Å². The van der Waals surface area contributed by atoms with Crippen LogP contribution in [-0.2, 0) is 0 Å². The van der Waals surface area contributed by atoms with Gasteiger partial charge in [-0.3, -0.25) is 0 Å². The lowest BCUT2D eigenvalue weighted by molar-refractivity contribution is 0.729. The molecule has 0 saturated carbocycles. The fourth-order valence-corrected chi connectivity index (χ4v) is 1.86. The molecule has 1 aromatic heterocycles. The van der Waals surface area contributed by atoms with Crippen LogP contribution in [0.3, 0.4) is 0 Å². The van der Waals surface area contributed by atoms with Crippen molar-refractivity contribution in [2.24, 2.45) is 0 Å². The number of pyridine rings is 1. The van der Waals surface area contributed by atoms with Gasteiger partial charge in [-0.25, -0.2) is 4.98 Å². The first-order chi connectivity index (χ1) is 7.83. The molecule has 1 atom stereocenters. The molecule has 0 amide bonds. The van der Waals surface area contributed by atoms with Crippen molar-refractivity contribution in [2.45, 2.75) is 45.8 Å². The lowest BCUT2D eigenvalue weighted by Crippen LogP contribution is -2.16. The fourth-order valence-electron chi connectivity index (χ4n) is 1.35. The Morgan fingerprint density at radius 2 is 2.06 bits per heavy atom. The van der Waals surface area contributed by atoms with Gasteiger partial charge < -0.3 is 5.73 Å². The third-order valence-corrected chi connectivity index (χ3v) is 3.57. The van der Waals surface area contributed by atoms with Crippen LogP contribution in [0.15, 0.2) is 12.3 Å². The molecule has 17 heavy (non-hydrogen) atoms. The van der Waals surface area contributed by atoms with E-state index in [-0.39, 0.29) is 0 Å². The molecule has 0 aromatic carbocycles. The number of hydrogen-bond donors (Lipinski definition) is 1. The molecule has 0 aliphatic rings. The average Bonchev–Trinajstić information content (AvgIpc) is 2.26. The topological polar surface area (TPSA) is 38.9 Å². The summed E-state index contributed by atoms with van der Waals surface area (Å²) in [6.07, 6.45) is 2.97. The Balaban J connectivity index is 3.10. The highest BCUT2D eigenvalue weighted by Crippen LogP contribution is 2.20. The summed E-state index contributed by atoms with van der Waals surface area (Å²) in [5, 5.41) is 0. The molecular weight excluding hydrogens is 224 g/mol. The van der Waals surface area contributed by atoms with E-state index in [0.29, 0.717) is 11.7 Å². The number of nitrogen functional groups attached to an aromatic ring is 1. The van der Waals surface area contributed by atoms with Gasteiger partial charge in [0.05, 0.1) is 5.56 Å². The highest BCUT2D eigenvalue weighted by Gasteiger charge is 2.09. The second-order valence-electron chi connectivity index (χ2n) is 5.51. The van der Waals surface area contributed by atoms with Gasteiger partial charge in [-0.15, -0.1) is 5.54 Å². The molecule has 1 rings (SSSR count). The lowest BCUT2D eigenvalue weighted by atomic mass is 9.99. The zero-order valence-electron chi connectivity index (χ0n) is 11.5. The first-order valence-corrected chi connectivity index (χ1v) is 9.62. The number of nitrogens with two attached hydrogens (primary N) is 1. The smallest absolute Gasteiger partial charge is 0.139 e. The average molecular weight is 246 g/mol. The van der Waals surface area contributed by atoms with Crippen LogP contribution in [0.25, 0.3) is 0 Å². The number of rotatable bonds is 2. The standard InChI is InChI=1S/C14H22N2Si/c1-6-11(2)13-9-12(14(15)16-10-13)7-8-17(3,4)5/h9-11H,6H2,1-5H3,(H2,15,16). The molecule has 92 valence electrons. The van der Waals surface area contributed by atoms with E-state index in [9.17, 15) is 0 Å². The van der Waals surface area contributed by atoms with Crippen LogP contribution in [0, 0.1) is 11.5 Å². The van der Waals surface area contributed by atoms with Crippen molar-refractivity contribution >= 4 is 13.9 Å². The lowest BCUT2D eigenvalue weighted by Gasteiger charge is -2.10. The monoisotopic (exact) mass is 246 g/mol. The first-order valence-electron chi connectivity index (χ1n) is 6.12. The van der Waals surface area contributed by atoms with Gasteiger partial charge in [-0.2, -0.15) is 0 Å². The largest absolute Gasteiger partial charge is 0.383 e. The minimum absolute atomic E-state index is 0.510. The van der Waals surface area contributed by atoms with Crippen LogP contribution < -0.4 is 5.73 Å². The zero-order chi connectivity index (χ0) is 13.1. The van der Waals surface area contributed by atoms with Crippen LogP contribution in [0.5, 0.6) is 0 Å². The van der Waals surface area contributed by atoms with Gasteiger partial charge in [0, 0.05) is 6.20 Å². The van der Waals surface area contributed by atoms with E-state index in [1.807, 2.05) is 6.20 Å². The molecule has 1 aromatic rings. The van der Waals surface area contributed by atoms with E-state index < -0.39 is 8.07 Å². The molecule has 0 saturated heterocycles. The Bertz CT molecular complexity index is 450. The SMILES string of the molecule is CCC(C)c1cnc(N)c(C#C[Si](C)(C)C)c1. The van der Waals surface area contributed by atoms with Crippen LogP contribution in [0.4, 0.5) is 5.82 Å². The summed E-state index contributed by atoms with van der Waals surface area (Å²) in [4.78, 5) is 4.24. The van der Waals surface area contributed by atoms with Crippen molar-refractivity contribution < 1.29 is 0 Å². The Morgan fingerprint density at radius 3 is 2.59 bits per heavy atom. The summed E-state index contributed by atoms with van der Waals surface area (Å²) >= 11 is 0. The third kappa shape index (κ3) is 4.24. The number of aromatic nitrogens is 1. The maximum absolute atomic E-state index is 5.86. The van der Waals surface area contributed by atoms with Gasteiger partial charge in [-0.05, 0) is 24.0 Å². The molecule has 0 aliphatic carbocycles. The van der Waals surface area contributed by atoms with E-state index >= 15 is 0 Å². The van der Waals surface area contributed by atoms with E-state index in [2.05, 4.69) is 56.0 Å². The summed E-state index contributed by atoms with van der Waals surface area (Å²) in [7, 11) is -1.36. The van der Waals surface area contributed by atoms with Crippen molar-refractivity contribution in [1.82, 2.24) is 4.98 Å². The second-order valence-corrected chi connectivity index (χ2v) is 10.3. The summed E-state index contributed by atoms with van der Waals surface area (Å²) in [6.45, 7) is 11.0. The van der Waals surface area contributed by atoms with E-state index in [4.69, 9.17) is 5.73 Å². The van der Waals surface area contributed by atoms with Gasteiger partial charge in [0.1, 0.15) is 13.9 Å². The highest BCUT2D eigenvalue weighted by atomic mass is 28.3. The fraction of sp³-hybridized carbons (Fsp3) is 0.500. The molecule has 0 bridgehead atoms. The molecule has 0 radical (unpaired) electrons. The van der Waals surface area contributed by atoms with Crippen molar-refractivity contribution in [1.29, 1.82) is 0 Å². The Labute approximate surface area is 106 Å². The minimum Gasteiger partial charge on any atom is -0.383 e. The number of anilines is 1. The normalized spacial score (nSPS) is 12.8. The predicted molar refractivity (Wildman–Crippen MR) is 77.6 cm³/mol.